The van der Waals surface area contributed by atoms with Gasteiger partial charge in [0, 0.05) is 50.5 Å². The third-order valence-corrected chi connectivity index (χ3v) is 6.12. The highest BCUT2D eigenvalue weighted by molar-refractivity contribution is 7.09. The first-order chi connectivity index (χ1) is 14.9. The van der Waals surface area contributed by atoms with Gasteiger partial charge in [-0.05, 0) is 6.07 Å². The van der Waals surface area contributed by atoms with Crippen molar-refractivity contribution in [3.63, 3.8) is 0 Å². The summed E-state index contributed by atoms with van der Waals surface area (Å²) in [5, 5.41) is 20.5. The van der Waals surface area contributed by atoms with Gasteiger partial charge in [-0.25, -0.2) is 18.6 Å². The number of hydrogen-bond donors (Lipinski definition) is 2. The lowest BCUT2D eigenvalue weighted by Gasteiger charge is -2.36. The molecule has 1 aliphatic rings. The number of β-amino-alcohol motifs (C(OH)–C–C–N with tert-alkyl or cyclic N) is 1. The lowest BCUT2D eigenvalue weighted by Crippen LogP contribution is -2.47. The summed E-state index contributed by atoms with van der Waals surface area (Å²) in [5.41, 5.74) is -1.89. The summed E-state index contributed by atoms with van der Waals surface area (Å²) >= 11 is 1.30. The molecule has 2 aromatic heterocycles. The number of aliphatic hydroxyl groups excluding tert-OH is 1. The minimum atomic E-state index is -1.47. The van der Waals surface area contributed by atoms with Crippen molar-refractivity contribution in [3.05, 3.63) is 56.3 Å². The van der Waals surface area contributed by atoms with Gasteiger partial charge in [-0.2, -0.15) is 0 Å². The molecule has 31 heavy (non-hydrogen) atoms. The van der Waals surface area contributed by atoms with Gasteiger partial charge in [0.25, 0.3) is 0 Å². The fourth-order valence-corrected chi connectivity index (χ4v) is 4.47. The Morgan fingerprint density at radius 3 is 2.58 bits per heavy atom. The van der Waals surface area contributed by atoms with E-state index >= 15 is 4.39 Å². The summed E-state index contributed by atoms with van der Waals surface area (Å²) in [6.45, 7) is 2.30. The summed E-state index contributed by atoms with van der Waals surface area (Å²) in [4.78, 5) is 31.9. The van der Waals surface area contributed by atoms with E-state index in [-0.39, 0.29) is 29.7 Å². The number of nitrogens with zero attached hydrogens (tertiary/aromatic N) is 4. The molecule has 0 radical (unpaired) electrons. The number of anilines is 1. The Labute approximate surface area is 179 Å². The third kappa shape index (κ3) is 4.03. The van der Waals surface area contributed by atoms with Gasteiger partial charge in [-0.1, -0.05) is 0 Å². The third-order valence-electron chi connectivity index (χ3n) is 5.35. The van der Waals surface area contributed by atoms with E-state index in [2.05, 4.69) is 4.98 Å². The fraction of sp³-hybridized carbons (Fsp3) is 0.350. The molecule has 0 aliphatic carbocycles. The lowest BCUT2D eigenvalue weighted by atomic mass is 10.1. The molecule has 0 bridgehead atoms. The predicted octanol–water partition coefficient (Wildman–Crippen LogP) is 1.60. The zero-order chi connectivity index (χ0) is 22.1. The van der Waals surface area contributed by atoms with E-state index in [0.29, 0.717) is 37.7 Å². The van der Waals surface area contributed by atoms with Gasteiger partial charge in [0.05, 0.1) is 24.1 Å². The van der Waals surface area contributed by atoms with Crippen LogP contribution in [0.2, 0.25) is 0 Å². The number of thiazole rings is 1. The number of carboxylic acids is 1. The van der Waals surface area contributed by atoms with E-state index in [1.165, 1.54) is 15.9 Å². The average Bonchev–Trinajstić information content (AvgIpc) is 3.24. The minimum Gasteiger partial charge on any atom is -0.477 e. The average molecular weight is 450 g/mol. The highest BCUT2D eigenvalue weighted by Crippen LogP contribution is 2.31. The first-order valence-corrected chi connectivity index (χ1v) is 10.5. The molecule has 0 atom stereocenters. The summed E-state index contributed by atoms with van der Waals surface area (Å²) in [5.74, 6) is -3.29. The largest absolute Gasteiger partial charge is 0.477 e. The number of fused-ring (bicyclic) bond motifs is 1. The van der Waals surface area contributed by atoms with Crippen molar-refractivity contribution in [3.8, 4) is 0 Å². The number of halogens is 2. The summed E-state index contributed by atoms with van der Waals surface area (Å²) in [6.07, 6.45) is 2.65. The molecule has 1 aliphatic heterocycles. The van der Waals surface area contributed by atoms with E-state index in [9.17, 15) is 19.1 Å². The topological polar surface area (TPSA) is 98.9 Å². The summed E-state index contributed by atoms with van der Waals surface area (Å²) in [7, 11) is 0. The molecule has 0 saturated carbocycles. The second-order valence-corrected chi connectivity index (χ2v) is 8.18. The number of carboxylic acid groups (broad SMARTS) is 1. The van der Waals surface area contributed by atoms with Crippen molar-refractivity contribution < 1.29 is 23.8 Å². The number of piperazine rings is 1. The number of aromatic carboxylic acids is 1. The SMILES string of the molecule is O=C(O)c1cn(Cc2nccs2)c2c(F)c(N3CCN(CCO)CC3)c(F)cc2c1=O. The zero-order valence-electron chi connectivity index (χ0n) is 16.4. The second kappa shape index (κ2) is 8.69. The van der Waals surface area contributed by atoms with Crippen LogP contribution in [0.15, 0.2) is 28.6 Å². The molecule has 0 spiro atoms. The number of rotatable bonds is 6. The van der Waals surface area contributed by atoms with Crippen LogP contribution in [0.4, 0.5) is 14.5 Å². The fourth-order valence-electron chi connectivity index (χ4n) is 3.86. The zero-order valence-corrected chi connectivity index (χ0v) is 17.2. The predicted molar refractivity (Wildman–Crippen MR) is 112 cm³/mol. The highest BCUT2D eigenvalue weighted by Gasteiger charge is 2.27. The van der Waals surface area contributed by atoms with Crippen molar-refractivity contribution in [2.75, 3.05) is 44.2 Å². The lowest BCUT2D eigenvalue weighted by molar-refractivity contribution is 0.0694. The Balaban J connectivity index is 1.86. The van der Waals surface area contributed by atoms with Gasteiger partial charge >= 0.3 is 5.97 Å². The number of hydrogen-bond acceptors (Lipinski definition) is 7. The van der Waals surface area contributed by atoms with Crippen molar-refractivity contribution >= 4 is 33.9 Å². The molecule has 0 amide bonds. The van der Waals surface area contributed by atoms with Crippen LogP contribution in [0.25, 0.3) is 10.9 Å². The molecule has 3 heterocycles. The number of aliphatic hydroxyl groups is 1. The highest BCUT2D eigenvalue weighted by atomic mass is 32.1. The van der Waals surface area contributed by atoms with Crippen molar-refractivity contribution in [1.29, 1.82) is 0 Å². The maximum Gasteiger partial charge on any atom is 0.341 e. The van der Waals surface area contributed by atoms with Crippen LogP contribution >= 0.6 is 11.3 Å². The molecule has 2 N–H and O–H groups in total. The molecule has 8 nitrogen and oxygen atoms in total. The quantitative estimate of drug-likeness (QED) is 0.589. The van der Waals surface area contributed by atoms with Gasteiger partial charge in [-0.15, -0.1) is 11.3 Å². The molecule has 1 fully saturated rings. The van der Waals surface area contributed by atoms with Crippen LogP contribution in [-0.2, 0) is 6.54 Å². The Bertz CT molecular complexity index is 1170. The van der Waals surface area contributed by atoms with E-state index in [4.69, 9.17) is 5.11 Å². The summed E-state index contributed by atoms with van der Waals surface area (Å²) in [6, 6.07) is 0.918. The number of carbonyl (C=O) groups is 1. The number of aromatic nitrogens is 2. The maximum atomic E-state index is 15.7. The molecule has 164 valence electrons. The van der Waals surface area contributed by atoms with Gasteiger partial charge in [0.1, 0.15) is 22.1 Å². The van der Waals surface area contributed by atoms with Crippen LogP contribution in [0, 0.1) is 11.6 Å². The van der Waals surface area contributed by atoms with E-state index < -0.39 is 28.6 Å². The van der Waals surface area contributed by atoms with E-state index in [0.717, 1.165) is 12.3 Å². The first-order valence-electron chi connectivity index (χ1n) is 9.65. The molecule has 11 heteroatoms. The minimum absolute atomic E-state index is 0.00758. The molecule has 1 aromatic carbocycles. The van der Waals surface area contributed by atoms with E-state index in [1.807, 2.05) is 4.90 Å². The monoisotopic (exact) mass is 450 g/mol. The van der Waals surface area contributed by atoms with Crippen LogP contribution in [0.1, 0.15) is 15.4 Å². The Morgan fingerprint density at radius 1 is 1.23 bits per heavy atom. The molecule has 3 aromatic rings. The molecule has 0 unspecified atom stereocenters. The molecule has 4 rings (SSSR count). The van der Waals surface area contributed by atoms with Crippen LogP contribution in [0.5, 0.6) is 0 Å². The van der Waals surface area contributed by atoms with E-state index in [1.54, 1.807) is 16.5 Å². The molecular formula is C20H20F2N4O4S. The molecular weight excluding hydrogens is 430 g/mol. The first kappa shape index (κ1) is 21.3. The Morgan fingerprint density at radius 2 is 1.97 bits per heavy atom. The van der Waals surface area contributed by atoms with Crippen LogP contribution in [-0.4, -0.2) is 70.0 Å². The Kier molecular flexibility index (Phi) is 5.99. The van der Waals surface area contributed by atoms with Crippen LogP contribution < -0.4 is 10.3 Å². The van der Waals surface area contributed by atoms with Gasteiger partial charge < -0.3 is 19.7 Å². The van der Waals surface area contributed by atoms with Gasteiger partial charge in [0.2, 0.25) is 5.43 Å². The smallest absolute Gasteiger partial charge is 0.341 e. The number of benzene rings is 1. The second-order valence-electron chi connectivity index (χ2n) is 7.20. The van der Waals surface area contributed by atoms with Crippen molar-refractivity contribution in [2.24, 2.45) is 0 Å². The van der Waals surface area contributed by atoms with Crippen LogP contribution in [0.3, 0.4) is 0 Å². The van der Waals surface area contributed by atoms with Gasteiger partial charge in [0.15, 0.2) is 5.82 Å². The normalized spacial score (nSPS) is 15.0. The summed E-state index contributed by atoms with van der Waals surface area (Å²) < 4.78 is 32.0. The van der Waals surface area contributed by atoms with Gasteiger partial charge in [-0.3, -0.25) is 9.69 Å². The number of pyridine rings is 1. The van der Waals surface area contributed by atoms with Crippen molar-refractivity contribution in [2.45, 2.75) is 6.54 Å². The van der Waals surface area contributed by atoms with Crippen molar-refractivity contribution in [1.82, 2.24) is 14.5 Å². The standard InChI is InChI=1S/C20H20F2N4O4S/c21-14-9-12-17(16(22)18(14)25-4-2-24(3-5-25)6-7-27)26(11-15-23-1-8-31-15)10-13(19(12)28)20(29)30/h1,8-10,27H,2-7,11H2,(H,29,30). The Hall–Kier alpha value is -2.89. The molecule has 1 saturated heterocycles. The maximum absolute atomic E-state index is 15.7.